The van der Waals surface area contributed by atoms with Gasteiger partial charge in [0.15, 0.2) is 0 Å². The zero-order chi connectivity index (χ0) is 20.7. The molecule has 0 N–H and O–H groups in total. The van der Waals surface area contributed by atoms with Gasteiger partial charge in [-0.15, -0.1) is 23.1 Å². The number of benzene rings is 1. The van der Waals surface area contributed by atoms with Gasteiger partial charge in [-0.1, -0.05) is 36.4 Å². The zero-order valence-electron chi connectivity index (χ0n) is 16.7. The molecule has 0 saturated heterocycles. The van der Waals surface area contributed by atoms with Crippen LogP contribution in [0, 0.1) is 13.8 Å². The molecular formula is C23H21NO3S2. The lowest BCUT2D eigenvalue weighted by atomic mass is 10.0. The Labute approximate surface area is 177 Å². The number of aromatic nitrogens is 1. The summed E-state index contributed by atoms with van der Waals surface area (Å²) < 4.78 is 8.47. The van der Waals surface area contributed by atoms with Crippen molar-refractivity contribution in [1.29, 1.82) is 0 Å². The van der Waals surface area contributed by atoms with Crippen LogP contribution in [-0.4, -0.2) is 29.0 Å². The number of thiophene rings is 1. The predicted molar refractivity (Wildman–Crippen MR) is 120 cm³/mol. The lowest BCUT2D eigenvalue weighted by molar-refractivity contribution is 0.0531. The summed E-state index contributed by atoms with van der Waals surface area (Å²) in [6.07, 6.45) is 4.02. The molecule has 4 aromatic rings. The number of nitrogens with zero attached hydrogens (tertiary/aromatic N) is 1. The van der Waals surface area contributed by atoms with Crippen molar-refractivity contribution in [3.05, 3.63) is 69.7 Å². The van der Waals surface area contributed by atoms with E-state index in [-0.39, 0.29) is 18.4 Å². The number of esters is 1. The van der Waals surface area contributed by atoms with Crippen LogP contribution in [-0.2, 0) is 4.74 Å². The summed E-state index contributed by atoms with van der Waals surface area (Å²) in [5.74, 6) is -0.462. The molecular weight excluding hydrogens is 402 g/mol. The van der Waals surface area contributed by atoms with Gasteiger partial charge in [0.1, 0.15) is 0 Å². The molecule has 3 heterocycles. The number of ketones is 1. The predicted octanol–water partition coefficient (Wildman–Crippen LogP) is 5.90. The zero-order valence-corrected chi connectivity index (χ0v) is 18.4. The van der Waals surface area contributed by atoms with Crippen molar-refractivity contribution >= 4 is 51.3 Å². The Bertz CT molecular complexity index is 1250. The van der Waals surface area contributed by atoms with Crippen LogP contribution in [0.1, 0.15) is 43.6 Å². The van der Waals surface area contributed by atoms with E-state index in [1.807, 2.05) is 56.6 Å². The third kappa shape index (κ3) is 3.16. The Morgan fingerprint density at radius 3 is 2.52 bits per heavy atom. The third-order valence-corrected chi connectivity index (χ3v) is 7.16. The normalized spacial score (nSPS) is 11.3. The fourth-order valence-electron chi connectivity index (χ4n) is 3.79. The van der Waals surface area contributed by atoms with Crippen LogP contribution < -0.4 is 0 Å². The SMILES string of the molecule is CCOC(=O)c1c2c(C(=O)c3ccccc3)sc(SC)c2n2cc(C)cc(C)c12. The van der Waals surface area contributed by atoms with Crippen molar-refractivity contribution in [2.24, 2.45) is 0 Å². The van der Waals surface area contributed by atoms with Crippen molar-refractivity contribution in [2.75, 3.05) is 12.9 Å². The van der Waals surface area contributed by atoms with Crippen molar-refractivity contribution in [3.8, 4) is 0 Å². The molecule has 1 aromatic carbocycles. The molecule has 0 aliphatic rings. The second kappa shape index (κ2) is 7.69. The summed E-state index contributed by atoms with van der Waals surface area (Å²) in [6, 6.07) is 11.3. The van der Waals surface area contributed by atoms with E-state index in [0.717, 1.165) is 26.4 Å². The minimum atomic E-state index is -0.389. The van der Waals surface area contributed by atoms with E-state index >= 15 is 0 Å². The van der Waals surface area contributed by atoms with E-state index in [1.165, 1.54) is 11.3 Å². The standard InChI is InChI=1S/C23H21NO3S2/c1-5-27-22(26)17-16-19(24-12-13(2)11-14(3)18(17)24)23(28-4)29-21(16)20(25)15-9-7-6-8-10-15/h6-12H,5H2,1-4H3. The van der Waals surface area contributed by atoms with E-state index in [9.17, 15) is 9.59 Å². The largest absolute Gasteiger partial charge is 0.462 e. The van der Waals surface area contributed by atoms with E-state index in [0.29, 0.717) is 21.4 Å². The smallest absolute Gasteiger partial charge is 0.341 e. The van der Waals surface area contributed by atoms with Crippen LogP contribution in [0.4, 0.5) is 0 Å². The first-order valence-electron chi connectivity index (χ1n) is 9.36. The minimum Gasteiger partial charge on any atom is -0.462 e. The fourth-order valence-corrected chi connectivity index (χ4v) is 5.76. The van der Waals surface area contributed by atoms with Crippen molar-refractivity contribution in [2.45, 2.75) is 25.0 Å². The van der Waals surface area contributed by atoms with Gasteiger partial charge in [-0.05, 0) is 38.2 Å². The molecule has 0 atom stereocenters. The van der Waals surface area contributed by atoms with Crippen molar-refractivity contribution in [3.63, 3.8) is 0 Å². The summed E-state index contributed by atoms with van der Waals surface area (Å²) in [7, 11) is 0. The monoisotopic (exact) mass is 423 g/mol. The van der Waals surface area contributed by atoms with Crippen molar-refractivity contribution < 1.29 is 14.3 Å². The Kier molecular flexibility index (Phi) is 5.23. The summed E-state index contributed by atoms with van der Waals surface area (Å²) in [6.45, 7) is 6.10. The molecule has 0 aliphatic carbocycles. The molecule has 6 heteroatoms. The number of fused-ring (bicyclic) bond motifs is 3. The van der Waals surface area contributed by atoms with Gasteiger partial charge < -0.3 is 9.14 Å². The van der Waals surface area contributed by atoms with Crippen molar-refractivity contribution in [1.82, 2.24) is 4.40 Å². The maximum Gasteiger partial charge on any atom is 0.341 e. The van der Waals surface area contributed by atoms with Crippen LogP contribution in [0.25, 0.3) is 16.4 Å². The van der Waals surface area contributed by atoms with Gasteiger partial charge in [-0.25, -0.2) is 4.79 Å². The molecule has 0 unspecified atom stereocenters. The molecule has 3 aromatic heterocycles. The van der Waals surface area contributed by atoms with E-state index in [2.05, 4.69) is 10.5 Å². The highest BCUT2D eigenvalue weighted by Gasteiger charge is 2.30. The lowest BCUT2D eigenvalue weighted by Gasteiger charge is -2.07. The minimum absolute atomic E-state index is 0.0725. The number of thioether (sulfide) groups is 1. The second-order valence-electron chi connectivity index (χ2n) is 6.86. The van der Waals surface area contributed by atoms with Gasteiger partial charge in [-0.2, -0.15) is 0 Å². The Morgan fingerprint density at radius 1 is 1.14 bits per heavy atom. The molecule has 0 fully saturated rings. The van der Waals surface area contributed by atoms with Gasteiger partial charge in [0.05, 0.1) is 32.3 Å². The molecule has 0 bridgehead atoms. The number of pyridine rings is 1. The van der Waals surface area contributed by atoms with Crippen LogP contribution in [0.2, 0.25) is 0 Å². The van der Waals surface area contributed by atoms with Gasteiger partial charge in [0, 0.05) is 17.1 Å². The van der Waals surface area contributed by atoms with E-state index in [4.69, 9.17) is 4.74 Å². The molecule has 0 amide bonds. The van der Waals surface area contributed by atoms with Crippen LogP contribution in [0.15, 0.2) is 46.8 Å². The van der Waals surface area contributed by atoms with Crippen LogP contribution in [0.3, 0.4) is 0 Å². The summed E-state index contributed by atoms with van der Waals surface area (Å²) in [5.41, 5.74) is 4.89. The van der Waals surface area contributed by atoms with Crippen LogP contribution in [0.5, 0.6) is 0 Å². The van der Waals surface area contributed by atoms with Gasteiger partial charge in [0.2, 0.25) is 5.78 Å². The summed E-state index contributed by atoms with van der Waals surface area (Å²) in [5, 5.41) is 0.695. The highest BCUT2D eigenvalue weighted by Crippen LogP contribution is 2.44. The number of rotatable bonds is 5. The topological polar surface area (TPSA) is 47.8 Å². The average molecular weight is 424 g/mol. The summed E-state index contributed by atoms with van der Waals surface area (Å²) >= 11 is 3.03. The highest BCUT2D eigenvalue weighted by molar-refractivity contribution is 8.00. The number of carbonyl (C=O) groups excluding carboxylic acids is 2. The van der Waals surface area contributed by atoms with Gasteiger partial charge in [0.25, 0.3) is 0 Å². The fraction of sp³-hybridized carbons (Fsp3) is 0.217. The molecule has 0 saturated carbocycles. The molecule has 0 spiro atoms. The highest BCUT2D eigenvalue weighted by atomic mass is 32.2. The number of hydrogen-bond acceptors (Lipinski definition) is 5. The average Bonchev–Trinajstić information content (AvgIpc) is 3.24. The third-order valence-electron chi connectivity index (χ3n) is 4.88. The van der Waals surface area contributed by atoms with E-state index in [1.54, 1.807) is 18.7 Å². The maximum atomic E-state index is 13.4. The molecule has 4 nitrogen and oxygen atoms in total. The molecule has 0 radical (unpaired) electrons. The summed E-state index contributed by atoms with van der Waals surface area (Å²) in [4.78, 5) is 27.0. The first-order valence-corrected chi connectivity index (χ1v) is 11.4. The maximum absolute atomic E-state index is 13.4. The molecule has 148 valence electrons. The molecule has 29 heavy (non-hydrogen) atoms. The number of ether oxygens (including phenoxy) is 1. The Morgan fingerprint density at radius 2 is 1.86 bits per heavy atom. The lowest BCUT2D eigenvalue weighted by Crippen LogP contribution is -2.07. The molecule has 0 aliphatic heterocycles. The quantitative estimate of drug-likeness (QED) is 0.228. The second-order valence-corrected chi connectivity index (χ2v) is 8.95. The van der Waals surface area contributed by atoms with Crippen LogP contribution >= 0.6 is 23.1 Å². The number of aryl methyl sites for hydroxylation is 2. The first kappa shape index (κ1) is 19.7. The number of carbonyl (C=O) groups is 2. The Balaban J connectivity index is 2.15. The van der Waals surface area contributed by atoms with Gasteiger partial charge in [-0.3, -0.25) is 4.79 Å². The van der Waals surface area contributed by atoms with Gasteiger partial charge >= 0.3 is 5.97 Å². The molecule has 4 rings (SSSR count). The van der Waals surface area contributed by atoms with E-state index < -0.39 is 0 Å². The Hall–Kier alpha value is -2.57. The first-order chi connectivity index (χ1) is 14.0. The number of hydrogen-bond donors (Lipinski definition) is 0.